The third-order valence-corrected chi connectivity index (χ3v) is 3.50. The lowest BCUT2D eigenvalue weighted by molar-refractivity contribution is 0.241. The molecule has 0 atom stereocenters. The molecule has 1 aromatic carbocycles. The summed E-state index contributed by atoms with van der Waals surface area (Å²) in [7, 11) is 1.66. The molecule has 0 fully saturated rings. The SMILES string of the molecule is COc1ccc(C)cc1CCNC(=O)NCCNc1ccccn1. The van der Waals surface area contributed by atoms with E-state index in [-0.39, 0.29) is 6.03 Å². The average Bonchev–Trinajstić information content (AvgIpc) is 2.60. The van der Waals surface area contributed by atoms with Crippen LogP contribution in [0, 0.1) is 6.92 Å². The van der Waals surface area contributed by atoms with E-state index in [1.165, 1.54) is 5.56 Å². The van der Waals surface area contributed by atoms with Gasteiger partial charge in [-0.2, -0.15) is 0 Å². The molecule has 2 rings (SSSR count). The molecule has 24 heavy (non-hydrogen) atoms. The summed E-state index contributed by atoms with van der Waals surface area (Å²) in [5.41, 5.74) is 2.27. The number of methoxy groups -OCH3 is 1. The molecular formula is C18H24N4O2. The van der Waals surface area contributed by atoms with Crippen LogP contribution < -0.4 is 20.7 Å². The summed E-state index contributed by atoms with van der Waals surface area (Å²) in [6.45, 7) is 3.74. The van der Waals surface area contributed by atoms with E-state index >= 15 is 0 Å². The first-order chi connectivity index (χ1) is 11.7. The highest BCUT2D eigenvalue weighted by Gasteiger charge is 2.04. The van der Waals surface area contributed by atoms with Crippen LogP contribution in [-0.4, -0.2) is 37.8 Å². The van der Waals surface area contributed by atoms with Crippen LogP contribution in [-0.2, 0) is 6.42 Å². The average molecular weight is 328 g/mol. The maximum Gasteiger partial charge on any atom is 0.314 e. The van der Waals surface area contributed by atoms with Gasteiger partial charge < -0.3 is 20.7 Å². The number of amides is 2. The maximum absolute atomic E-state index is 11.8. The molecule has 2 aromatic rings. The number of hydrogen-bond acceptors (Lipinski definition) is 4. The van der Waals surface area contributed by atoms with Crippen LogP contribution in [0.5, 0.6) is 5.75 Å². The third-order valence-electron chi connectivity index (χ3n) is 3.50. The molecule has 2 amide bonds. The standard InChI is InChI=1S/C18H24N4O2/c1-14-6-7-16(24-2)15(13-14)8-10-21-18(23)22-12-11-20-17-5-3-4-9-19-17/h3-7,9,13H,8,10-12H2,1-2H3,(H,19,20)(H2,21,22,23). The van der Waals surface area contributed by atoms with Crippen LogP contribution in [0.2, 0.25) is 0 Å². The Morgan fingerprint density at radius 3 is 2.71 bits per heavy atom. The predicted molar refractivity (Wildman–Crippen MR) is 95.6 cm³/mol. The van der Waals surface area contributed by atoms with Gasteiger partial charge in [0.05, 0.1) is 7.11 Å². The number of ether oxygens (including phenoxy) is 1. The number of carbonyl (C=O) groups is 1. The van der Waals surface area contributed by atoms with Crippen molar-refractivity contribution in [1.82, 2.24) is 15.6 Å². The van der Waals surface area contributed by atoms with E-state index in [0.29, 0.717) is 19.6 Å². The van der Waals surface area contributed by atoms with Gasteiger partial charge in [-0.15, -0.1) is 0 Å². The highest BCUT2D eigenvalue weighted by Crippen LogP contribution is 2.19. The van der Waals surface area contributed by atoms with Gasteiger partial charge in [0.1, 0.15) is 11.6 Å². The Kier molecular flexibility index (Phi) is 6.89. The van der Waals surface area contributed by atoms with Gasteiger partial charge in [0.15, 0.2) is 0 Å². The molecule has 128 valence electrons. The van der Waals surface area contributed by atoms with Gasteiger partial charge in [-0.05, 0) is 37.1 Å². The summed E-state index contributed by atoms with van der Waals surface area (Å²) in [6, 6.07) is 11.5. The van der Waals surface area contributed by atoms with E-state index in [4.69, 9.17) is 4.74 Å². The van der Waals surface area contributed by atoms with Crippen LogP contribution in [0.25, 0.3) is 0 Å². The quantitative estimate of drug-likeness (QED) is 0.650. The van der Waals surface area contributed by atoms with Crippen molar-refractivity contribution in [2.45, 2.75) is 13.3 Å². The molecule has 0 aliphatic rings. The topological polar surface area (TPSA) is 75.3 Å². The molecule has 0 spiro atoms. The Bertz CT molecular complexity index is 647. The Morgan fingerprint density at radius 1 is 1.12 bits per heavy atom. The third kappa shape index (κ3) is 5.79. The van der Waals surface area contributed by atoms with Crippen molar-refractivity contribution in [2.24, 2.45) is 0 Å². The molecule has 1 aromatic heterocycles. The number of aryl methyl sites for hydroxylation is 1. The first-order valence-electron chi connectivity index (χ1n) is 7.99. The molecule has 0 aliphatic carbocycles. The minimum absolute atomic E-state index is 0.176. The lowest BCUT2D eigenvalue weighted by atomic mass is 10.1. The zero-order valence-electron chi connectivity index (χ0n) is 14.1. The van der Waals surface area contributed by atoms with E-state index in [0.717, 1.165) is 23.6 Å². The second-order valence-corrected chi connectivity index (χ2v) is 5.39. The minimum Gasteiger partial charge on any atom is -0.496 e. The molecular weight excluding hydrogens is 304 g/mol. The van der Waals surface area contributed by atoms with E-state index in [2.05, 4.69) is 27.0 Å². The highest BCUT2D eigenvalue weighted by molar-refractivity contribution is 5.73. The molecule has 0 saturated heterocycles. The summed E-state index contributed by atoms with van der Waals surface area (Å²) in [6.07, 6.45) is 2.45. The Balaban J connectivity index is 1.64. The molecule has 0 unspecified atom stereocenters. The van der Waals surface area contributed by atoms with E-state index in [9.17, 15) is 4.79 Å². The van der Waals surface area contributed by atoms with Crippen molar-refractivity contribution in [2.75, 3.05) is 32.1 Å². The zero-order valence-corrected chi connectivity index (χ0v) is 14.1. The second-order valence-electron chi connectivity index (χ2n) is 5.39. The van der Waals surface area contributed by atoms with Crippen molar-refractivity contribution >= 4 is 11.8 Å². The van der Waals surface area contributed by atoms with Crippen molar-refractivity contribution in [1.29, 1.82) is 0 Å². The molecule has 6 nitrogen and oxygen atoms in total. The number of aromatic nitrogens is 1. The van der Waals surface area contributed by atoms with Gasteiger partial charge in [-0.25, -0.2) is 9.78 Å². The Hall–Kier alpha value is -2.76. The van der Waals surface area contributed by atoms with E-state index in [1.54, 1.807) is 13.3 Å². The smallest absolute Gasteiger partial charge is 0.314 e. The fourth-order valence-corrected chi connectivity index (χ4v) is 2.31. The Morgan fingerprint density at radius 2 is 1.96 bits per heavy atom. The summed E-state index contributed by atoms with van der Waals surface area (Å²) in [5, 5.41) is 8.79. The van der Waals surface area contributed by atoms with Gasteiger partial charge >= 0.3 is 6.03 Å². The first kappa shape index (κ1) is 17.6. The summed E-state index contributed by atoms with van der Waals surface area (Å²) in [5.74, 6) is 1.65. The number of benzene rings is 1. The lowest BCUT2D eigenvalue weighted by Crippen LogP contribution is -2.38. The first-order valence-corrected chi connectivity index (χ1v) is 7.99. The molecule has 6 heteroatoms. The number of nitrogens with one attached hydrogen (secondary N) is 3. The second kappa shape index (κ2) is 9.39. The summed E-state index contributed by atoms with van der Waals surface area (Å²) >= 11 is 0. The number of urea groups is 1. The number of pyridine rings is 1. The summed E-state index contributed by atoms with van der Waals surface area (Å²) < 4.78 is 5.34. The fraction of sp³-hybridized carbons (Fsp3) is 0.333. The van der Waals surface area contributed by atoms with Crippen molar-refractivity contribution in [3.63, 3.8) is 0 Å². The fourth-order valence-electron chi connectivity index (χ4n) is 2.31. The van der Waals surface area contributed by atoms with Crippen LogP contribution in [0.4, 0.5) is 10.6 Å². The highest BCUT2D eigenvalue weighted by atomic mass is 16.5. The van der Waals surface area contributed by atoms with Gasteiger partial charge in [0.2, 0.25) is 0 Å². The maximum atomic E-state index is 11.8. The van der Waals surface area contributed by atoms with Crippen molar-refractivity contribution < 1.29 is 9.53 Å². The van der Waals surface area contributed by atoms with Crippen molar-refractivity contribution in [3.05, 3.63) is 53.7 Å². The molecule has 1 heterocycles. The van der Waals surface area contributed by atoms with Gasteiger partial charge in [0, 0.05) is 25.8 Å². The number of hydrogen-bond donors (Lipinski definition) is 3. The molecule has 0 radical (unpaired) electrons. The van der Waals surface area contributed by atoms with Crippen LogP contribution in [0.3, 0.4) is 0 Å². The number of nitrogens with zero attached hydrogens (tertiary/aromatic N) is 1. The monoisotopic (exact) mass is 328 g/mol. The van der Waals surface area contributed by atoms with E-state index < -0.39 is 0 Å². The molecule has 3 N–H and O–H groups in total. The minimum atomic E-state index is -0.176. The summed E-state index contributed by atoms with van der Waals surface area (Å²) in [4.78, 5) is 15.9. The number of carbonyl (C=O) groups excluding carboxylic acids is 1. The Labute approximate surface area is 142 Å². The molecule has 0 aliphatic heterocycles. The van der Waals surface area contributed by atoms with Gasteiger partial charge in [-0.1, -0.05) is 23.8 Å². The van der Waals surface area contributed by atoms with Crippen LogP contribution >= 0.6 is 0 Å². The number of anilines is 1. The van der Waals surface area contributed by atoms with E-state index in [1.807, 2.05) is 37.3 Å². The molecule has 0 bridgehead atoms. The molecule has 0 saturated carbocycles. The van der Waals surface area contributed by atoms with Gasteiger partial charge in [-0.3, -0.25) is 0 Å². The lowest BCUT2D eigenvalue weighted by Gasteiger charge is -2.11. The normalized spacial score (nSPS) is 10.1. The zero-order chi connectivity index (χ0) is 17.2. The van der Waals surface area contributed by atoms with Crippen molar-refractivity contribution in [3.8, 4) is 5.75 Å². The largest absolute Gasteiger partial charge is 0.496 e. The number of rotatable bonds is 8. The van der Waals surface area contributed by atoms with Crippen LogP contribution in [0.1, 0.15) is 11.1 Å². The predicted octanol–water partition coefficient (Wildman–Crippen LogP) is 2.35. The van der Waals surface area contributed by atoms with Crippen LogP contribution in [0.15, 0.2) is 42.6 Å². The van der Waals surface area contributed by atoms with Gasteiger partial charge in [0.25, 0.3) is 0 Å².